The van der Waals surface area contributed by atoms with Crippen LogP contribution in [0.15, 0.2) is 16.7 Å². The fraction of sp³-hybridized carbons (Fsp3) is 0. The first-order valence-corrected chi connectivity index (χ1v) is 3.03. The molecule has 4 nitrogen and oxygen atoms in total. The molecule has 0 aromatic carbocycles. The van der Waals surface area contributed by atoms with Crippen LogP contribution in [0.3, 0.4) is 0 Å². The van der Waals surface area contributed by atoms with E-state index in [2.05, 4.69) is 10.1 Å². The van der Waals surface area contributed by atoms with Crippen LogP contribution in [0, 0.1) is 0 Å². The Labute approximate surface area is 54.7 Å². The lowest BCUT2D eigenvalue weighted by molar-refractivity contribution is 0.304. The molecule has 1 heterocycles. The Balaban J connectivity index is 3.17. The average Bonchev–Trinajstić information content (AvgIpc) is 1.90. The second-order valence-electron chi connectivity index (χ2n) is 1.29. The van der Waals surface area contributed by atoms with Crippen molar-refractivity contribution in [3.8, 4) is 5.88 Å². The largest absolute Gasteiger partial charge is 0.493 e. The van der Waals surface area contributed by atoms with Gasteiger partial charge in [-0.3, -0.25) is 0 Å². The third kappa shape index (κ3) is 1.39. The topological polar surface area (TPSA) is 65.7 Å². The maximum Gasteiger partial charge on any atom is 0.221 e. The molecule has 0 atom stereocenters. The molecule has 1 aromatic heterocycles. The zero-order valence-electron chi connectivity index (χ0n) is 4.35. The number of aromatic hydroxyl groups is 1. The zero-order chi connectivity index (χ0) is 6.69. The van der Waals surface area contributed by atoms with E-state index in [-0.39, 0.29) is 5.88 Å². The van der Waals surface area contributed by atoms with Crippen LogP contribution < -0.4 is 4.67 Å². The summed E-state index contributed by atoms with van der Waals surface area (Å²) in [6.07, 6.45) is 1.28. The predicted molar refractivity (Wildman–Crippen MR) is 31.1 cm³/mol. The van der Waals surface area contributed by atoms with Gasteiger partial charge in [0.05, 0.1) is 11.6 Å². The molecule has 0 bridgehead atoms. The fourth-order valence-corrected chi connectivity index (χ4v) is 0.792. The molecule has 0 aliphatic rings. The summed E-state index contributed by atoms with van der Waals surface area (Å²) >= 11 is 1.11. The number of aromatic nitrogens is 1. The lowest BCUT2D eigenvalue weighted by atomic mass is 10.8. The summed E-state index contributed by atoms with van der Waals surface area (Å²) in [4.78, 5) is 3.46. The van der Waals surface area contributed by atoms with Gasteiger partial charge in [0.25, 0.3) is 0 Å². The van der Waals surface area contributed by atoms with Crippen molar-refractivity contribution in [3.05, 3.63) is 16.2 Å². The summed E-state index contributed by atoms with van der Waals surface area (Å²) in [5.41, 5.74) is 0. The number of hydrogen-bond acceptors (Lipinski definition) is 5. The van der Waals surface area contributed by atoms with Crippen LogP contribution in [-0.2, 0) is 0 Å². The first kappa shape index (κ1) is 6.03. The summed E-state index contributed by atoms with van der Waals surface area (Å²) in [6.45, 7) is 0. The van der Waals surface area contributed by atoms with Gasteiger partial charge < -0.3 is 10.3 Å². The average molecular weight is 144 g/mol. The van der Waals surface area contributed by atoms with Crippen LogP contribution in [-0.4, -0.2) is 15.3 Å². The molecule has 0 amide bonds. The molecule has 2 N–H and O–H groups in total. The Kier molecular flexibility index (Phi) is 1.64. The van der Waals surface area contributed by atoms with Crippen molar-refractivity contribution in [2.24, 2.45) is 5.16 Å². The molecule has 1 rings (SSSR count). The highest BCUT2D eigenvalue weighted by atomic mass is 32.1. The summed E-state index contributed by atoms with van der Waals surface area (Å²) in [6, 6.07) is 0. The van der Waals surface area contributed by atoms with Crippen molar-refractivity contribution in [3.63, 3.8) is 0 Å². The maximum atomic E-state index is 8.63. The molecule has 1 aromatic rings. The van der Waals surface area contributed by atoms with Gasteiger partial charge in [0.2, 0.25) is 5.88 Å². The van der Waals surface area contributed by atoms with Crippen LogP contribution >= 0.6 is 11.3 Å². The molecule has 5 heteroatoms. The number of rotatable bonds is 0. The van der Waals surface area contributed by atoms with E-state index in [0.29, 0.717) is 4.67 Å². The lowest BCUT2D eigenvalue weighted by Crippen LogP contribution is -1.94. The van der Waals surface area contributed by atoms with Gasteiger partial charge in [0, 0.05) is 0 Å². The Hall–Kier alpha value is -1.10. The maximum absolute atomic E-state index is 8.63. The minimum atomic E-state index is -0.0626. The normalized spacial score (nSPS) is 11.8. The fourth-order valence-electron chi connectivity index (χ4n) is 0.345. The highest BCUT2D eigenvalue weighted by Crippen LogP contribution is 1.99. The first-order valence-electron chi connectivity index (χ1n) is 2.15. The Bertz CT molecular complexity index is 236. The highest BCUT2D eigenvalue weighted by molar-refractivity contribution is 7.07. The van der Waals surface area contributed by atoms with Gasteiger partial charge in [0.15, 0.2) is 4.67 Å². The van der Waals surface area contributed by atoms with Crippen molar-refractivity contribution in [2.45, 2.75) is 0 Å². The molecule has 0 aliphatic heterocycles. The van der Waals surface area contributed by atoms with E-state index < -0.39 is 0 Å². The SMILES string of the molecule is ON=c1cnc(O)cs1. The minimum Gasteiger partial charge on any atom is -0.493 e. The van der Waals surface area contributed by atoms with E-state index in [1.807, 2.05) is 0 Å². The molecule has 48 valence electrons. The van der Waals surface area contributed by atoms with Gasteiger partial charge in [0.1, 0.15) is 0 Å². The Morgan fingerprint density at radius 1 is 1.67 bits per heavy atom. The standard InChI is InChI=1S/C4H4N2O2S/c7-3-2-9-4(6-8)1-5-3/h1-2,7-8H. The quantitative estimate of drug-likeness (QED) is 0.402. The molecule has 0 saturated heterocycles. The third-order valence-electron chi connectivity index (χ3n) is 0.691. The monoisotopic (exact) mass is 144 g/mol. The Morgan fingerprint density at radius 3 is 2.89 bits per heavy atom. The van der Waals surface area contributed by atoms with Gasteiger partial charge in [-0.1, -0.05) is 5.16 Å². The lowest BCUT2D eigenvalue weighted by Gasteiger charge is -1.83. The van der Waals surface area contributed by atoms with Gasteiger partial charge in [-0.05, 0) is 0 Å². The summed E-state index contributed by atoms with van der Waals surface area (Å²) in [7, 11) is 0. The van der Waals surface area contributed by atoms with Crippen LogP contribution in [0.2, 0.25) is 0 Å². The van der Waals surface area contributed by atoms with E-state index >= 15 is 0 Å². The van der Waals surface area contributed by atoms with Gasteiger partial charge in [-0.2, -0.15) is 0 Å². The third-order valence-corrected chi connectivity index (χ3v) is 1.45. The van der Waals surface area contributed by atoms with Crippen molar-refractivity contribution in [1.82, 2.24) is 4.98 Å². The zero-order valence-corrected chi connectivity index (χ0v) is 5.17. The predicted octanol–water partition coefficient (Wildman–Crippen LogP) is 0.139. The molecular weight excluding hydrogens is 140 g/mol. The second-order valence-corrected chi connectivity index (χ2v) is 2.18. The molecule has 0 saturated carbocycles. The number of hydrogen-bond donors (Lipinski definition) is 2. The van der Waals surface area contributed by atoms with Crippen LogP contribution in [0.1, 0.15) is 0 Å². The van der Waals surface area contributed by atoms with Gasteiger partial charge in [-0.25, -0.2) is 4.98 Å². The van der Waals surface area contributed by atoms with Crippen LogP contribution in [0.25, 0.3) is 0 Å². The molecule has 0 unspecified atom stereocenters. The van der Waals surface area contributed by atoms with Crippen molar-refractivity contribution < 1.29 is 10.3 Å². The molecule has 0 aliphatic carbocycles. The van der Waals surface area contributed by atoms with E-state index in [4.69, 9.17) is 10.3 Å². The highest BCUT2D eigenvalue weighted by Gasteiger charge is 1.84. The van der Waals surface area contributed by atoms with Crippen molar-refractivity contribution >= 4 is 11.3 Å². The molecule has 0 radical (unpaired) electrons. The molecule has 0 spiro atoms. The van der Waals surface area contributed by atoms with E-state index in [9.17, 15) is 0 Å². The molecule has 0 fully saturated rings. The minimum absolute atomic E-state index is 0.0626. The van der Waals surface area contributed by atoms with E-state index in [1.54, 1.807) is 0 Å². The second kappa shape index (κ2) is 2.45. The van der Waals surface area contributed by atoms with E-state index in [1.165, 1.54) is 11.6 Å². The van der Waals surface area contributed by atoms with Crippen LogP contribution in [0.5, 0.6) is 5.88 Å². The summed E-state index contributed by atoms with van der Waals surface area (Å²) < 4.78 is 0.368. The Morgan fingerprint density at radius 2 is 2.44 bits per heavy atom. The van der Waals surface area contributed by atoms with Gasteiger partial charge >= 0.3 is 0 Å². The molecule has 9 heavy (non-hydrogen) atoms. The number of nitrogens with zero attached hydrogens (tertiary/aromatic N) is 2. The smallest absolute Gasteiger partial charge is 0.221 e. The summed E-state index contributed by atoms with van der Waals surface area (Å²) in [5, 5.41) is 21.0. The van der Waals surface area contributed by atoms with Gasteiger partial charge in [-0.15, -0.1) is 11.3 Å². The van der Waals surface area contributed by atoms with E-state index in [0.717, 1.165) is 11.3 Å². The van der Waals surface area contributed by atoms with Crippen LogP contribution in [0.4, 0.5) is 0 Å². The molecular formula is C4H4N2O2S. The van der Waals surface area contributed by atoms with Crippen molar-refractivity contribution in [1.29, 1.82) is 0 Å². The first-order chi connectivity index (χ1) is 4.33. The van der Waals surface area contributed by atoms with Crippen molar-refractivity contribution in [2.75, 3.05) is 0 Å². The summed E-state index contributed by atoms with van der Waals surface area (Å²) in [5.74, 6) is -0.0626.